The highest BCUT2D eigenvalue weighted by Gasteiger charge is 2.13. The molecule has 1 N–H and O–H groups in total. The van der Waals surface area contributed by atoms with Crippen molar-refractivity contribution in [3.05, 3.63) is 53.6 Å². The van der Waals surface area contributed by atoms with Crippen LogP contribution in [0, 0.1) is 0 Å². The summed E-state index contributed by atoms with van der Waals surface area (Å²) < 4.78 is 10.8. The summed E-state index contributed by atoms with van der Waals surface area (Å²) in [6.45, 7) is 3.04. The number of benzene rings is 2. The first-order valence-electron chi connectivity index (χ1n) is 16.3. The highest BCUT2D eigenvalue weighted by atomic mass is 32.2. The Labute approximate surface area is 259 Å². The number of carbonyl (C=O) groups is 2. The number of nitrogens with one attached hydrogen (secondary N) is 1. The number of rotatable bonds is 24. The summed E-state index contributed by atoms with van der Waals surface area (Å²) in [5, 5.41) is 2.89. The first-order valence-corrected chi connectivity index (χ1v) is 17.6. The van der Waals surface area contributed by atoms with Gasteiger partial charge in [0.1, 0.15) is 5.75 Å². The largest absolute Gasteiger partial charge is 0.494 e. The Hall–Kier alpha value is -2.47. The molecule has 0 aromatic heterocycles. The molecule has 6 heteroatoms. The molecule has 2 aromatic carbocycles. The van der Waals surface area contributed by atoms with Gasteiger partial charge in [0.05, 0.1) is 19.3 Å². The summed E-state index contributed by atoms with van der Waals surface area (Å²) in [6.07, 6.45) is 24.8. The van der Waals surface area contributed by atoms with E-state index in [9.17, 15) is 9.59 Å². The van der Waals surface area contributed by atoms with Crippen molar-refractivity contribution in [3.8, 4) is 5.75 Å². The smallest absolute Gasteiger partial charge is 0.339 e. The molecule has 0 spiro atoms. The zero-order chi connectivity index (χ0) is 30.3. The molecule has 0 unspecified atom stereocenters. The number of amides is 1. The van der Waals surface area contributed by atoms with Gasteiger partial charge in [0, 0.05) is 17.0 Å². The van der Waals surface area contributed by atoms with Gasteiger partial charge in [0.25, 0.3) is 0 Å². The van der Waals surface area contributed by atoms with Crippen LogP contribution in [0.1, 0.15) is 132 Å². The lowest BCUT2D eigenvalue weighted by molar-refractivity contribution is -0.116. The molecule has 0 fully saturated rings. The number of ether oxygens (including phenoxy) is 2. The molecule has 0 aliphatic rings. The number of unbranched alkanes of at least 4 members (excludes halogenated alkanes) is 15. The average molecular weight is 598 g/mol. The maximum Gasteiger partial charge on any atom is 0.339 e. The lowest BCUT2D eigenvalue weighted by Crippen LogP contribution is -2.13. The van der Waals surface area contributed by atoms with Gasteiger partial charge in [0.15, 0.2) is 0 Å². The van der Waals surface area contributed by atoms with E-state index in [0.717, 1.165) is 29.2 Å². The molecule has 5 nitrogen and oxygen atoms in total. The van der Waals surface area contributed by atoms with E-state index < -0.39 is 5.97 Å². The van der Waals surface area contributed by atoms with E-state index in [1.54, 1.807) is 6.07 Å². The highest BCUT2D eigenvalue weighted by Crippen LogP contribution is 2.25. The topological polar surface area (TPSA) is 64.6 Å². The number of hydrogen-bond donors (Lipinski definition) is 1. The standard InChI is InChI=1S/C36H55NO4S/c1-4-5-6-7-8-9-10-11-12-13-14-15-16-17-18-19-28-41-32-24-20-30(21-25-32)22-27-35(38)37-31-23-26-34(42-3)33(29-31)36(39)40-2/h20-21,23-26,29H,4-19,22,27-28H2,1-3H3,(H,37,38). The second kappa shape index (κ2) is 23.0. The molecule has 0 bridgehead atoms. The van der Waals surface area contributed by atoms with Gasteiger partial charge in [-0.2, -0.15) is 0 Å². The van der Waals surface area contributed by atoms with Gasteiger partial charge in [-0.05, 0) is 55.0 Å². The zero-order valence-electron chi connectivity index (χ0n) is 26.5. The van der Waals surface area contributed by atoms with Crippen LogP contribution in [-0.2, 0) is 16.0 Å². The Bertz CT molecular complexity index is 1010. The number of aryl methyl sites for hydroxylation is 1. The van der Waals surface area contributed by atoms with Gasteiger partial charge in [-0.25, -0.2) is 4.79 Å². The first kappa shape index (κ1) is 35.7. The number of esters is 1. The van der Waals surface area contributed by atoms with E-state index in [0.29, 0.717) is 24.1 Å². The fraction of sp³-hybridized carbons (Fsp3) is 0.611. The van der Waals surface area contributed by atoms with E-state index in [1.807, 2.05) is 42.7 Å². The third-order valence-corrected chi connectivity index (χ3v) is 8.52. The van der Waals surface area contributed by atoms with Crippen LogP contribution in [0.3, 0.4) is 0 Å². The number of hydrogen-bond acceptors (Lipinski definition) is 5. The van der Waals surface area contributed by atoms with Crippen LogP contribution >= 0.6 is 11.8 Å². The van der Waals surface area contributed by atoms with Crippen molar-refractivity contribution in [1.29, 1.82) is 0 Å². The predicted molar refractivity (Wildman–Crippen MR) is 178 cm³/mol. The fourth-order valence-electron chi connectivity index (χ4n) is 5.13. The van der Waals surface area contributed by atoms with Crippen LogP contribution in [0.5, 0.6) is 5.75 Å². The molecular weight excluding hydrogens is 542 g/mol. The maximum atomic E-state index is 12.5. The summed E-state index contributed by atoms with van der Waals surface area (Å²) >= 11 is 1.47. The summed E-state index contributed by atoms with van der Waals surface area (Å²) in [5.41, 5.74) is 2.14. The van der Waals surface area contributed by atoms with Crippen LogP contribution < -0.4 is 10.1 Å². The Kier molecular flexibility index (Phi) is 19.6. The number of anilines is 1. The fourth-order valence-corrected chi connectivity index (χ4v) is 5.70. The molecule has 0 aliphatic carbocycles. The van der Waals surface area contributed by atoms with E-state index in [-0.39, 0.29) is 5.91 Å². The van der Waals surface area contributed by atoms with Crippen molar-refractivity contribution >= 4 is 29.3 Å². The zero-order valence-corrected chi connectivity index (χ0v) is 27.3. The molecule has 0 atom stereocenters. The summed E-state index contributed by atoms with van der Waals surface area (Å²) in [6, 6.07) is 13.3. The number of carbonyl (C=O) groups excluding carboxylic acids is 2. The van der Waals surface area contributed by atoms with E-state index in [2.05, 4.69) is 12.2 Å². The van der Waals surface area contributed by atoms with Gasteiger partial charge in [-0.1, -0.05) is 115 Å². The Morgan fingerprint density at radius 3 is 1.81 bits per heavy atom. The van der Waals surface area contributed by atoms with E-state index in [1.165, 1.54) is 115 Å². The van der Waals surface area contributed by atoms with Crippen molar-refractivity contribution in [3.63, 3.8) is 0 Å². The Balaban J connectivity index is 1.49. The Morgan fingerprint density at radius 1 is 0.738 bits per heavy atom. The SMILES string of the molecule is CCCCCCCCCCCCCCCCCCOc1ccc(CCC(=O)Nc2ccc(SC)c(C(=O)OC)c2)cc1. The number of methoxy groups -OCH3 is 1. The lowest BCUT2D eigenvalue weighted by atomic mass is 10.0. The molecule has 0 saturated heterocycles. The van der Waals surface area contributed by atoms with Crippen LogP contribution in [0.25, 0.3) is 0 Å². The van der Waals surface area contributed by atoms with Crippen LogP contribution in [0.4, 0.5) is 5.69 Å². The minimum atomic E-state index is -0.410. The van der Waals surface area contributed by atoms with Crippen LogP contribution in [0.2, 0.25) is 0 Å². The minimum absolute atomic E-state index is 0.0912. The van der Waals surface area contributed by atoms with E-state index in [4.69, 9.17) is 9.47 Å². The quantitative estimate of drug-likeness (QED) is 0.0741. The van der Waals surface area contributed by atoms with Gasteiger partial charge < -0.3 is 14.8 Å². The third kappa shape index (κ3) is 15.7. The predicted octanol–water partition coefficient (Wildman–Crippen LogP) is 10.4. The molecule has 2 aromatic rings. The minimum Gasteiger partial charge on any atom is -0.494 e. The lowest BCUT2D eigenvalue weighted by Gasteiger charge is -2.10. The molecule has 0 saturated carbocycles. The van der Waals surface area contributed by atoms with Crippen molar-refractivity contribution in [1.82, 2.24) is 0 Å². The molecule has 42 heavy (non-hydrogen) atoms. The second-order valence-electron chi connectivity index (χ2n) is 11.3. The van der Waals surface area contributed by atoms with Gasteiger partial charge >= 0.3 is 5.97 Å². The van der Waals surface area contributed by atoms with Crippen molar-refractivity contribution in [2.45, 2.75) is 127 Å². The first-order chi connectivity index (χ1) is 20.6. The van der Waals surface area contributed by atoms with Crippen molar-refractivity contribution in [2.24, 2.45) is 0 Å². The summed E-state index contributed by atoms with van der Waals surface area (Å²) in [7, 11) is 1.36. The van der Waals surface area contributed by atoms with Gasteiger partial charge in [0.2, 0.25) is 5.91 Å². The summed E-state index contributed by atoms with van der Waals surface area (Å²) in [5.74, 6) is 0.382. The molecule has 0 radical (unpaired) electrons. The van der Waals surface area contributed by atoms with Crippen molar-refractivity contribution in [2.75, 3.05) is 25.3 Å². The molecule has 1 amide bonds. The molecule has 2 rings (SSSR count). The third-order valence-electron chi connectivity index (χ3n) is 7.72. The molecule has 0 heterocycles. The monoisotopic (exact) mass is 597 g/mol. The summed E-state index contributed by atoms with van der Waals surface area (Å²) in [4.78, 5) is 25.3. The second-order valence-corrected chi connectivity index (χ2v) is 12.1. The Morgan fingerprint density at radius 2 is 1.29 bits per heavy atom. The van der Waals surface area contributed by atoms with Gasteiger partial charge in [-0.3, -0.25) is 4.79 Å². The average Bonchev–Trinajstić information content (AvgIpc) is 3.01. The van der Waals surface area contributed by atoms with E-state index >= 15 is 0 Å². The van der Waals surface area contributed by atoms with Crippen molar-refractivity contribution < 1.29 is 19.1 Å². The number of thioether (sulfide) groups is 1. The molecule has 234 valence electrons. The van der Waals surface area contributed by atoms with Gasteiger partial charge in [-0.15, -0.1) is 11.8 Å². The maximum absolute atomic E-state index is 12.5. The highest BCUT2D eigenvalue weighted by molar-refractivity contribution is 7.98. The molecule has 0 aliphatic heterocycles. The van der Waals surface area contributed by atoms with Crippen LogP contribution in [-0.4, -0.2) is 31.8 Å². The van der Waals surface area contributed by atoms with Crippen LogP contribution in [0.15, 0.2) is 47.4 Å². The normalized spacial score (nSPS) is 10.9. The molecular formula is C36H55NO4S.